The summed E-state index contributed by atoms with van der Waals surface area (Å²) in [4.78, 5) is 22.7. The highest BCUT2D eigenvalue weighted by Gasteiger charge is 2.22. The van der Waals surface area contributed by atoms with Crippen molar-refractivity contribution in [1.29, 1.82) is 0 Å². The van der Waals surface area contributed by atoms with Gasteiger partial charge in [-0.3, -0.25) is 0 Å². The number of carbonyl (C=O) groups excluding carboxylic acids is 2. The van der Waals surface area contributed by atoms with Gasteiger partial charge in [-0.25, -0.2) is 9.59 Å². The van der Waals surface area contributed by atoms with E-state index in [4.69, 9.17) is 9.47 Å². The molecule has 0 aromatic heterocycles. The van der Waals surface area contributed by atoms with E-state index >= 15 is 0 Å². The van der Waals surface area contributed by atoms with Crippen LogP contribution in [0.2, 0.25) is 0 Å². The predicted molar refractivity (Wildman–Crippen MR) is 71.7 cm³/mol. The molecular weight excluding hydrogens is 244 g/mol. The van der Waals surface area contributed by atoms with Crippen molar-refractivity contribution in [3.05, 3.63) is 48.6 Å². The van der Waals surface area contributed by atoms with Gasteiger partial charge < -0.3 is 9.47 Å². The Labute approximate surface area is 113 Å². The molecule has 1 aromatic carbocycles. The number of hydrogen-bond donors (Lipinski definition) is 0. The van der Waals surface area contributed by atoms with Gasteiger partial charge in [0.15, 0.2) is 0 Å². The molecule has 0 aliphatic rings. The predicted octanol–water partition coefficient (Wildman–Crippen LogP) is 2.60. The van der Waals surface area contributed by atoms with E-state index in [0.717, 1.165) is 6.08 Å². The molecule has 0 saturated carbocycles. The lowest BCUT2D eigenvalue weighted by molar-refractivity contribution is -0.141. The van der Waals surface area contributed by atoms with Crippen LogP contribution in [0.25, 0.3) is 0 Å². The van der Waals surface area contributed by atoms with Crippen LogP contribution in [0.15, 0.2) is 43.0 Å². The molecule has 4 heteroatoms. The van der Waals surface area contributed by atoms with Crippen LogP contribution in [0.4, 0.5) is 0 Å². The first-order valence-electron chi connectivity index (χ1n) is 5.96. The highest BCUT2D eigenvalue weighted by Crippen LogP contribution is 2.17. The van der Waals surface area contributed by atoms with E-state index in [-0.39, 0.29) is 19.2 Å². The van der Waals surface area contributed by atoms with Gasteiger partial charge in [0.2, 0.25) is 0 Å². The quantitative estimate of drug-likeness (QED) is 0.584. The summed E-state index contributed by atoms with van der Waals surface area (Å²) in [6, 6.07) is 8.75. The van der Waals surface area contributed by atoms with Crippen molar-refractivity contribution in [3.63, 3.8) is 0 Å². The van der Waals surface area contributed by atoms with Crippen molar-refractivity contribution in [2.24, 2.45) is 5.41 Å². The third-order valence-corrected chi connectivity index (χ3v) is 2.38. The van der Waals surface area contributed by atoms with Gasteiger partial charge in [0.1, 0.15) is 0 Å². The maximum atomic E-state index is 11.7. The maximum Gasteiger partial charge on any atom is 0.338 e. The molecule has 0 aliphatic heterocycles. The van der Waals surface area contributed by atoms with Crippen molar-refractivity contribution < 1.29 is 19.1 Å². The molecule has 0 bridgehead atoms. The van der Waals surface area contributed by atoms with Gasteiger partial charge in [0.05, 0.1) is 18.8 Å². The Morgan fingerprint density at radius 2 is 1.74 bits per heavy atom. The highest BCUT2D eigenvalue weighted by molar-refractivity contribution is 5.89. The average Bonchev–Trinajstić information content (AvgIpc) is 2.43. The van der Waals surface area contributed by atoms with Crippen LogP contribution in [0.3, 0.4) is 0 Å². The number of benzene rings is 1. The molecule has 0 spiro atoms. The summed E-state index contributed by atoms with van der Waals surface area (Å²) in [5, 5.41) is 0. The largest absolute Gasteiger partial charge is 0.462 e. The molecule has 19 heavy (non-hydrogen) atoms. The van der Waals surface area contributed by atoms with Crippen LogP contribution in [-0.2, 0) is 14.3 Å². The monoisotopic (exact) mass is 262 g/mol. The Morgan fingerprint density at radius 3 is 2.32 bits per heavy atom. The zero-order chi connectivity index (χ0) is 14.3. The van der Waals surface area contributed by atoms with Crippen LogP contribution in [0.5, 0.6) is 0 Å². The van der Waals surface area contributed by atoms with Gasteiger partial charge >= 0.3 is 11.9 Å². The molecule has 0 fully saturated rings. The van der Waals surface area contributed by atoms with E-state index in [0.29, 0.717) is 5.56 Å². The van der Waals surface area contributed by atoms with Gasteiger partial charge in [-0.05, 0) is 12.1 Å². The normalized spacial score (nSPS) is 10.6. The van der Waals surface area contributed by atoms with E-state index in [1.807, 2.05) is 19.9 Å². The number of carbonyl (C=O) groups is 2. The second kappa shape index (κ2) is 6.73. The zero-order valence-electron chi connectivity index (χ0n) is 11.2. The van der Waals surface area contributed by atoms with Gasteiger partial charge in [-0.15, -0.1) is 0 Å². The second-order valence-electron chi connectivity index (χ2n) is 4.92. The van der Waals surface area contributed by atoms with Crippen LogP contribution in [0.1, 0.15) is 24.2 Å². The van der Waals surface area contributed by atoms with Crippen molar-refractivity contribution in [2.75, 3.05) is 13.2 Å². The summed E-state index contributed by atoms with van der Waals surface area (Å²) >= 11 is 0. The van der Waals surface area contributed by atoms with Crippen molar-refractivity contribution in [2.45, 2.75) is 13.8 Å². The first-order valence-corrected chi connectivity index (χ1v) is 5.96. The zero-order valence-corrected chi connectivity index (χ0v) is 11.2. The van der Waals surface area contributed by atoms with Crippen LogP contribution in [-0.4, -0.2) is 25.2 Å². The Morgan fingerprint density at radius 1 is 1.16 bits per heavy atom. The Bertz CT molecular complexity index is 448. The summed E-state index contributed by atoms with van der Waals surface area (Å²) < 4.78 is 10.1. The first kappa shape index (κ1) is 15.0. The molecule has 0 amide bonds. The van der Waals surface area contributed by atoms with E-state index < -0.39 is 11.4 Å². The highest BCUT2D eigenvalue weighted by atomic mass is 16.5. The van der Waals surface area contributed by atoms with Gasteiger partial charge in [-0.1, -0.05) is 38.6 Å². The lowest BCUT2D eigenvalue weighted by Crippen LogP contribution is -2.28. The van der Waals surface area contributed by atoms with Crippen molar-refractivity contribution in [3.8, 4) is 0 Å². The Kier molecular flexibility index (Phi) is 5.30. The molecule has 0 radical (unpaired) electrons. The lowest BCUT2D eigenvalue weighted by atomic mass is 9.96. The molecule has 1 rings (SSSR count). The Hall–Kier alpha value is -2.10. The number of rotatable bonds is 6. The van der Waals surface area contributed by atoms with E-state index in [9.17, 15) is 9.59 Å². The minimum atomic E-state index is -0.484. The smallest absolute Gasteiger partial charge is 0.338 e. The van der Waals surface area contributed by atoms with Crippen LogP contribution >= 0.6 is 0 Å². The molecule has 1 aromatic rings. The van der Waals surface area contributed by atoms with Crippen LogP contribution < -0.4 is 0 Å². The van der Waals surface area contributed by atoms with Gasteiger partial charge in [0, 0.05) is 11.5 Å². The minimum Gasteiger partial charge on any atom is -0.462 e. The fraction of sp³-hybridized carbons (Fsp3) is 0.333. The summed E-state index contributed by atoms with van der Waals surface area (Å²) in [5.74, 6) is -0.869. The van der Waals surface area contributed by atoms with Gasteiger partial charge in [0.25, 0.3) is 0 Å². The summed E-state index contributed by atoms with van der Waals surface area (Å²) in [6.45, 7) is 7.35. The summed E-state index contributed by atoms with van der Waals surface area (Å²) in [6.07, 6.45) is 1.10. The SMILES string of the molecule is C=CC(=O)OCC(C)(C)COC(=O)c1ccccc1. The molecule has 0 aliphatic carbocycles. The van der Waals surface area contributed by atoms with Crippen LogP contribution in [0, 0.1) is 5.41 Å². The van der Waals surface area contributed by atoms with E-state index in [1.165, 1.54) is 0 Å². The number of hydrogen-bond acceptors (Lipinski definition) is 4. The molecule has 0 atom stereocenters. The second-order valence-corrected chi connectivity index (χ2v) is 4.92. The fourth-order valence-corrected chi connectivity index (χ4v) is 1.29. The molecule has 102 valence electrons. The van der Waals surface area contributed by atoms with Crippen molar-refractivity contribution >= 4 is 11.9 Å². The van der Waals surface area contributed by atoms with Gasteiger partial charge in [-0.2, -0.15) is 0 Å². The molecule has 0 unspecified atom stereocenters. The standard InChI is InChI=1S/C15H18O4/c1-4-13(16)18-10-15(2,3)11-19-14(17)12-8-6-5-7-9-12/h4-9H,1,10-11H2,2-3H3. The fourth-order valence-electron chi connectivity index (χ4n) is 1.29. The van der Waals surface area contributed by atoms with E-state index in [2.05, 4.69) is 6.58 Å². The number of ether oxygens (including phenoxy) is 2. The first-order chi connectivity index (χ1) is 8.94. The number of esters is 2. The summed E-state index contributed by atoms with van der Waals surface area (Å²) in [7, 11) is 0. The minimum absolute atomic E-state index is 0.167. The topological polar surface area (TPSA) is 52.6 Å². The molecular formula is C15H18O4. The molecule has 0 saturated heterocycles. The summed E-state index contributed by atoms with van der Waals surface area (Å²) in [5.41, 5.74) is 0.0599. The van der Waals surface area contributed by atoms with Crippen molar-refractivity contribution in [1.82, 2.24) is 0 Å². The lowest BCUT2D eigenvalue weighted by Gasteiger charge is -2.23. The average molecular weight is 262 g/mol. The maximum absolute atomic E-state index is 11.7. The molecule has 4 nitrogen and oxygen atoms in total. The Balaban J connectivity index is 2.44. The third-order valence-electron chi connectivity index (χ3n) is 2.38. The van der Waals surface area contributed by atoms with E-state index in [1.54, 1.807) is 24.3 Å². The third kappa shape index (κ3) is 5.38. The molecule has 0 N–H and O–H groups in total. The molecule has 0 heterocycles.